The summed E-state index contributed by atoms with van der Waals surface area (Å²) in [6.45, 7) is 3.95. The largest absolute Gasteiger partial charge is 0.481 e. The van der Waals surface area contributed by atoms with Gasteiger partial charge < -0.3 is 20.5 Å². The van der Waals surface area contributed by atoms with E-state index in [9.17, 15) is 14.4 Å². The first-order valence-electron chi connectivity index (χ1n) is 10.6. The molecule has 2 aromatic rings. The fourth-order valence-electron chi connectivity index (χ4n) is 3.85. The fourth-order valence-corrected chi connectivity index (χ4v) is 4.52. The third kappa shape index (κ3) is 5.82. The van der Waals surface area contributed by atoms with Crippen LogP contribution < -0.4 is 10.6 Å². The topological polar surface area (TPSA) is 105 Å². The molecule has 2 unspecified atom stereocenters. The summed E-state index contributed by atoms with van der Waals surface area (Å²) in [7, 11) is 0. The standard InChI is InChI=1S/C24H28N2O5S/c1-3-32-14-15(2)25-23(29)21(12-22(27)28)26-24(30)31-13-20-18-10-6-4-8-16(18)17-9-5-7-11-19(17)20/h4-11,15,20-21H,3,12-14H2,1-2H3,(H,25,29)(H,26,30)(H,27,28). The summed E-state index contributed by atoms with van der Waals surface area (Å²) in [6, 6.07) is 14.6. The van der Waals surface area contributed by atoms with Gasteiger partial charge in [-0.3, -0.25) is 9.59 Å². The molecule has 0 aromatic heterocycles. The first kappa shape index (κ1) is 23.7. The molecule has 3 rings (SSSR count). The number of nitrogens with one attached hydrogen (secondary N) is 2. The van der Waals surface area contributed by atoms with Crippen LogP contribution in [-0.4, -0.2) is 53.3 Å². The Labute approximate surface area is 191 Å². The average molecular weight is 457 g/mol. The van der Waals surface area contributed by atoms with Crippen molar-refractivity contribution in [3.05, 3.63) is 59.7 Å². The molecule has 0 bridgehead atoms. The number of hydrogen-bond acceptors (Lipinski definition) is 5. The Kier molecular flexibility index (Phi) is 8.16. The molecule has 1 aliphatic rings. The lowest BCUT2D eigenvalue weighted by Gasteiger charge is -2.21. The second-order valence-corrected chi connectivity index (χ2v) is 9.01. The lowest BCUT2D eigenvalue weighted by Crippen LogP contribution is -2.50. The van der Waals surface area contributed by atoms with Crippen molar-refractivity contribution in [2.75, 3.05) is 18.1 Å². The molecular formula is C24H28N2O5S. The second kappa shape index (κ2) is 11.0. The zero-order valence-electron chi connectivity index (χ0n) is 18.2. The Bertz CT molecular complexity index is 935. The summed E-state index contributed by atoms with van der Waals surface area (Å²) in [5.74, 6) is -0.222. The summed E-state index contributed by atoms with van der Waals surface area (Å²) in [5.41, 5.74) is 4.37. The molecule has 170 valence electrons. The zero-order chi connectivity index (χ0) is 23.1. The number of fused-ring (bicyclic) bond motifs is 3. The maximum absolute atomic E-state index is 12.5. The third-order valence-electron chi connectivity index (χ3n) is 5.29. The lowest BCUT2D eigenvalue weighted by atomic mass is 9.98. The van der Waals surface area contributed by atoms with Crippen molar-refractivity contribution >= 4 is 29.7 Å². The predicted molar refractivity (Wildman–Crippen MR) is 125 cm³/mol. The molecule has 7 nitrogen and oxygen atoms in total. The van der Waals surface area contributed by atoms with Crippen LogP contribution >= 0.6 is 11.8 Å². The third-order valence-corrected chi connectivity index (χ3v) is 6.44. The molecule has 32 heavy (non-hydrogen) atoms. The van der Waals surface area contributed by atoms with Crippen molar-refractivity contribution in [3.8, 4) is 11.1 Å². The van der Waals surface area contributed by atoms with Gasteiger partial charge in [-0.05, 0) is 34.9 Å². The maximum atomic E-state index is 12.5. The number of carboxylic acid groups (broad SMARTS) is 1. The second-order valence-electron chi connectivity index (χ2n) is 7.69. The molecule has 0 fully saturated rings. The summed E-state index contributed by atoms with van der Waals surface area (Å²) in [6.07, 6.45) is -1.34. The number of hydrogen-bond donors (Lipinski definition) is 3. The molecule has 0 radical (unpaired) electrons. The molecule has 3 N–H and O–H groups in total. The number of alkyl carbamates (subject to hydrolysis) is 1. The van der Waals surface area contributed by atoms with E-state index >= 15 is 0 Å². The number of carboxylic acids is 1. The van der Waals surface area contributed by atoms with Crippen molar-refractivity contribution < 1.29 is 24.2 Å². The van der Waals surface area contributed by atoms with E-state index < -0.39 is 30.4 Å². The van der Waals surface area contributed by atoms with Gasteiger partial charge in [-0.1, -0.05) is 55.5 Å². The average Bonchev–Trinajstić information content (AvgIpc) is 3.09. The van der Waals surface area contributed by atoms with Crippen LogP contribution in [0.2, 0.25) is 0 Å². The maximum Gasteiger partial charge on any atom is 0.407 e. The quantitative estimate of drug-likeness (QED) is 0.504. The molecule has 0 spiro atoms. The Morgan fingerprint density at radius 3 is 2.19 bits per heavy atom. The van der Waals surface area contributed by atoms with Crippen LogP contribution in [0.25, 0.3) is 11.1 Å². The highest BCUT2D eigenvalue weighted by Crippen LogP contribution is 2.44. The van der Waals surface area contributed by atoms with Crippen LogP contribution in [0.4, 0.5) is 4.79 Å². The SMILES string of the molecule is CCSCC(C)NC(=O)C(CC(=O)O)NC(=O)OCC1c2ccccc2-c2ccccc21. The van der Waals surface area contributed by atoms with E-state index in [1.54, 1.807) is 11.8 Å². The molecule has 2 aromatic carbocycles. The van der Waals surface area contributed by atoms with Crippen molar-refractivity contribution in [2.24, 2.45) is 0 Å². The normalized spacial score (nSPS) is 14.1. The van der Waals surface area contributed by atoms with Crippen molar-refractivity contribution in [1.29, 1.82) is 0 Å². The minimum Gasteiger partial charge on any atom is -0.481 e. The summed E-state index contributed by atoms with van der Waals surface area (Å²) in [5, 5.41) is 14.3. The van der Waals surface area contributed by atoms with Gasteiger partial charge in [0, 0.05) is 17.7 Å². The lowest BCUT2D eigenvalue weighted by molar-refractivity contribution is -0.139. The Morgan fingerprint density at radius 1 is 1.03 bits per heavy atom. The summed E-state index contributed by atoms with van der Waals surface area (Å²) in [4.78, 5) is 36.2. The first-order chi connectivity index (χ1) is 15.4. The van der Waals surface area contributed by atoms with Gasteiger partial charge in [-0.2, -0.15) is 11.8 Å². The van der Waals surface area contributed by atoms with E-state index in [-0.39, 0.29) is 18.6 Å². The highest BCUT2D eigenvalue weighted by Gasteiger charge is 2.30. The van der Waals surface area contributed by atoms with Crippen LogP contribution in [0.5, 0.6) is 0 Å². The number of ether oxygens (including phenoxy) is 1. The van der Waals surface area contributed by atoms with Crippen LogP contribution in [0.15, 0.2) is 48.5 Å². The molecule has 0 saturated carbocycles. The first-order valence-corrected chi connectivity index (χ1v) is 11.8. The van der Waals surface area contributed by atoms with Gasteiger partial charge in [0.2, 0.25) is 5.91 Å². The van der Waals surface area contributed by atoms with E-state index in [0.29, 0.717) is 5.75 Å². The highest BCUT2D eigenvalue weighted by atomic mass is 32.2. The van der Waals surface area contributed by atoms with E-state index in [0.717, 1.165) is 28.0 Å². The number of carbonyl (C=O) groups is 3. The number of thioether (sulfide) groups is 1. The Hall–Kier alpha value is -3.00. The summed E-state index contributed by atoms with van der Waals surface area (Å²) >= 11 is 1.67. The van der Waals surface area contributed by atoms with Gasteiger partial charge in [-0.25, -0.2) is 4.79 Å². The van der Waals surface area contributed by atoms with Crippen LogP contribution in [-0.2, 0) is 14.3 Å². The van der Waals surface area contributed by atoms with Crippen molar-refractivity contribution in [2.45, 2.75) is 38.3 Å². The minimum atomic E-state index is -1.21. The fraction of sp³-hybridized carbons (Fsp3) is 0.375. The molecule has 0 heterocycles. The number of amides is 2. The molecular weight excluding hydrogens is 428 g/mol. The van der Waals surface area contributed by atoms with Crippen LogP contribution in [0, 0.1) is 0 Å². The molecule has 1 aliphatic carbocycles. The smallest absolute Gasteiger partial charge is 0.407 e. The minimum absolute atomic E-state index is 0.0881. The predicted octanol–water partition coefficient (Wildman–Crippen LogP) is 3.63. The van der Waals surface area contributed by atoms with Crippen LogP contribution in [0.1, 0.15) is 37.3 Å². The van der Waals surface area contributed by atoms with Crippen molar-refractivity contribution in [3.63, 3.8) is 0 Å². The van der Waals surface area contributed by atoms with Gasteiger partial charge in [0.25, 0.3) is 0 Å². The molecule has 2 amide bonds. The van der Waals surface area contributed by atoms with E-state index in [4.69, 9.17) is 9.84 Å². The van der Waals surface area contributed by atoms with Crippen LogP contribution in [0.3, 0.4) is 0 Å². The van der Waals surface area contributed by atoms with Gasteiger partial charge >= 0.3 is 12.1 Å². The Balaban J connectivity index is 1.63. The van der Waals surface area contributed by atoms with E-state index in [1.807, 2.05) is 62.4 Å². The molecule has 8 heteroatoms. The number of aliphatic carboxylic acids is 1. The van der Waals surface area contributed by atoms with Gasteiger partial charge in [0.15, 0.2) is 0 Å². The number of carbonyl (C=O) groups excluding carboxylic acids is 2. The van der Waals surface area contributed by atoms with Crippen molar-refractivity contribution in [1.82, 2.24) is 10.6 Å². The van der Waals surface area contributed by atoms with E-state index in [1.165, 1.54) is 0 Å². The summed E-state index contributed by atoms with van der Waals surface area (Å²) < 4.78 is 5.44. The number of rotatable bonds is 10. The van der Waals surface area contributed by atoms with Gasteiger partial charge in [-0.15, -0.1) is 0 Å². The Morgan fingerprint density at radius 2 is 1.62 bits per heavy atom. The van der Waals surface area contributed by atoms with E-state index in [2.05, 4.69) is 10.6 Å². The molecule has 0 aliphatic heterocycles. The number of benzene rings is 2. The van der Waals surface area contributed by atoms with Gasteiger partial charge in [0.1, 0.15) is 12.6 Å². The van der Waals surface area contributed by atoms with Gasteiger partial charge in [0.05, 0.1) is 6.42 Å². The zero-order valence-corrected chi connectivity index (χ0v) is 19.0. The highest BCUT2D eigenvalue weighted by molar-refractivity contribution is 7.99. The molecule has 0 saturated heterocycles. The molecule has 2 atom stereocenters. The monoisotopic (exact) mass is 456 g/mol.